The van der Waals surface area contributed by atoms with Crippen LogP contribution in [-0.2, 0) is 0 Å². The third-order valence-corrected chi connectivity index (χ3v) is 1.47. The Labute approximate surface area is 78.7 Å². The van der Waals surface area contributed by atoms with Crippen molar-refractivity contribution in [1.29, 1.82) is 0 Å². The van der Waals surface area contributed by atoms with Gasteiger partial charge in [0.2, 0.25) is 0 Å². The van der Waals surface area contributed by atoms with Gasteiger partial charge in [0.15, 0.2) is 17.4 Å². The summed E-state index contributed by atoms with van der Waals surface area (Å²) in [6, 6.07) is 2.03. The van der Waals surface area contributed by atoms with E-state index < -0.39 is 17.4 Å². The summed E-state index contributed by atoms with van der Waals surface area (Å²) in [7, 11) is 0. The third-order valence-electron chi connectivity index (χ3n) is 1.47. The van der Waals surface area contributed by atoms with Gasteiger partial charge in [0.05, 0.1) is 12.3 Å². The lowest BCUT2D eigenvalue weighted by Gasteiger charge is -2.06. The van der Waals surface area contributed by atoms with Crippen molar-refractivity contribution in [3.8, 4) is 5.75 Å². The molecule has 0 fully saturated rings. The molecule has 74 valence electrons. The Morgan fingerprint density at radius 2 is 2.21 bits per heavy atom. The average molecular weight is 199 g/mol. The molecule has 14 heavy (non-hydrogen) atoms. The summed E-state index contributed by atoms with van der Waals surface area (Å²) in [5.41, 5.74) is 7.81. The van der Waals surface area contributed by atoms with Crippen molar-refractivity contribution in [2.45, 2.75) is 6.92 Å². The zero-order valence-corrected chi connectivity index (χ0v) is 7.37. The second-order valence-electron chi connectivity index (χ2n) is 2.33. The molecule has 0 atom stereocenters. The van der Waals surface area contributed by atoms with Crippen LogP contribution in [0.25, 0.3) is 10.4 Å². The van der Waals surface area contributed by atoms with Gasteiger partial charge < -0.3 is 4.74 Å². The number of hydrogen-bond donors (Lipinski definition) is 0. The minimum absolute atomic E-state index is 0.133. The van der Waals surface area contributed by atoms with Gasteiger partial charge >= 0.3 is 0 Å². The maximum Gasteiger partial charge on any atom is 0.191 e. The number of halogens is 2. The minimum Gasteiger partial charge on any atom is -0.488 e. The molecule has 0 bridgehead atoms. The van der Waals surface area contributed by atoms with Crippen molar-refractivity contribution in [2.75, 3.05) is 6.61 Å². The molecule has 6 heteroatoms. The van der Waals surface area contributed by atoms with Crippen LogP contribution >= 0.6 is 0 Å². The quantitative estimate of drug-likeness (QED) is 0.418. The molecule has 0 unspecified atom stereocenters. The van der Waals surface area contributed by atoms with E-state index in [0.29, 0.717) is 0 Å². The summed E-state index contributed by atoms with van der Waals surface area (Å²) in [6.45, 7) is 1.73. The van der Waals surface area contributed by atoms with Crippen LogP contribution in [0.2, 0.25) is 0 Å². The van der Waals surface area contributed by atoms with Crippen LogP contribution in [0.5, 0.6) is 5.75 Å². The largest absolute Gasteiger partial charge is 0.488 e. The van der Waals surface area contributed by atoms with Crippen LogP contribution < -0.4 is 4.74 Å². The van der Waals surface area contributed by atoms with E-state index in [1.165, 1.54) is 0 Å². The van der Waals surface area contributed by atoms with E-state index in [-0.39, 0.29) is 12.3 Å². The van der Waals surface area contributed by atoms with Gasteiger partial charge in [-0.15, -0.1) is 0 Å². The zero-order valence-electron chi connectivity index (χ0n) is 7.37. The summed E-state index contributed by atoms with van der Waals surface area (Å²) in [5, 5.41) is 3.05. The standard InChI is InChI=1S/C8H7F2N3O/c1-2-14-8-5(9)3-4-6(7(8)10)12-13-11/h3-4H,2H2,1H3. The number of rotatable bonds is 3. The second-order valence-corrected chi connectivity index (χ2v) is 2.33. The Kier molecular flexibility index (Phi) is 3.25. The lowest BCUT2D eigenvalue weighted by atomic mass is 10.3. The first-order valence-corrected chi connectivity index (χ1v) is 3.86. The van der Waals surface area contributed by atoms with Crippen LogP contribution in [-0.4, -0.2) is 6.61 Å². The monoisotopic (exact) mass is 199 g/mol. The number of nitrogens with zero attached hydrogens (tertiary/aromatic N) is 3. The molecular weight excluding hydrogens is 192 g/mol. The molecule has 0 saturated heterocycles. The highest BCUT2D eigenvalue weighted by Crippen LogP contribution is 2.29. The fourth-order valence-electron chi connectivity index (χ4n) is 0.924. The van der Waals surface area contributed by atoms with E-state index in [0.717, 1.165) is 12.1 Å². The molecule has 0 aliphatic heterocycles. The van der Waals surface area contributed by atoms with Gasteiger partial charge in [-0.3, -0.25) is 0 Å². The van der Waals surface area contributed by atoms with Crippen molar-refractivity contribution in [2.24, 2.45) is 5.11 Å². The molecule has 0 saturated carbocycles. The molecular formula is C8H7F2N3O. The van der Waals surface area contributed by atoms with Crippen LogP contribution in [0.3, 0.4) is 0 Å². The van der Waals surface area contributed by atoms with Gasteiger partial charge in [0.1, 0.15) is 0 Å². The first-order valence-electron chi connectivity index (χ1n) is 3.86. The average Bonchev–Trinajstić information content (AvgIpc) is 2.17. The van der Waals surface area contributed by atoms with Crippen molar-refractivity contribution >= 4 is 5.69 Å². The highest BCUT2D eigenvalue weighted by atomic mass is 19.1. The Bertz CT molecular complexity index is 388. The van der Waals surface area contributed by atoms with Crippen LogP contribution in [0.4, 0.5) is 14.5 Å². The molecule has 4 nitrogen and oxygen atoms in total. The fourth-order valence-corrected chi connectivity index (χ4v) is 0.924. The van der Waals surface area contributed by atoms with E-state index in [2.05, 4.69) is 10.0 Å². The zero-order chi connectivity index (χ0) is 10.6. The smallest absolute Gasteiger partial charge is 0.191 e. The molecule has 0 spiro atoms. The van der Waals surface area contributed by atoms with Crippen molar-refractivity contribution in [3.05, 3.63) is 34.2 Å². The normalized spacial score (nSPS) is 9.36. The van der Waals surface area contributed by atoms with Crippen LogP contribution in [0.15, 0.2) is 17.2 Å². The van der Waals surface area contributed by atoms with Gasteiger partial charge in [-0.1, -0.05) is 5.11 Å². The van der Waals surface area contributed by atoms with E-state index in [1.807, 2.05) is 0 Å². The van der Waals surface area contributed by atoms with E-state index in [1.54, 1.807) is 6.92 Å². The molecule has 0 aliphatic rings. The summed E-state index contributed by atoms with van der Waals surface area (Å²) in [4.78, 5) is 2.40. The molecule has 0 amide bonds. The summed E-state index contributed by atoms with van der Waals surface area (Å²) < 4.78 is 31.0. The van der Waals surface area contributed by atoms with Gasteiger partial charge in [-0.05, 0) is 24.6 Å². The highest BCUT2D eigenvalue weighted by Gasteiger charge is 2.13. The van der Waals surface area contributed by atoms with Crippen molar-refractivity contribution in [3.63, 3.8) is 0 Å². The van der Waals surface area contributed by atoms with Crippen LogP contribution in [0.1, 0.15) is 6.92 Å². The van der Waals surface area contributed by atoms with Gasteiger partial charge in [-0.25, -0.2) is 8.78 Å². The van der Waals surface area contributed by atoms with E-state index in [4.69, 9.17) is 10.3 Å². The lowest BCUT2D eigenvalue weighted by molar-refractivity contribution is 0.303. The topological polar surface area (TPSA) is 58.0 Å². The number of azide groups is 1. The fraction of sp³-hybridized carbons (Fsp3) is 0.250. The SMILES string of the molecule is CCOc1c(F)ccc(N=[N+]=[N-])c1F. The third kappa shape index (κ3) is 1.92. The van der Waals surface area contributed by atoms with Gasteiger partial charge in [0, 0.05) is 4.91 Å². The molecule has 1 rings (SSSR count). The summed E-state index contributed by atoms with van der Waals surface area (Å²) in [5.74, 6) is -2.32. The predicted octanol–water partition coefficient (Wildman–Crippen LogP) is 3.31. The first-order chi connectivity index (χ1) is 6.70. The van der Waals surface area contributed by atoms with E-state index in [9.17, 15) is 8.78 Å². The Morgan fingerprint density at radius 1 is 1.50 bits per heavy atom. The first kappa shape index (κ1) is 10.3. The van der Waals surface area contributed by atoms with Gasteiger partial charge in [-0.2, -0.15) is 0 Å². The van der Waals surface area contributed by atoms with Crippen LogP contribution in [0, 0.1) is 11.6 Å². The number of hydrogen-bond acceptors (Lipinski definition) is 2. The van der Waals surface area contributed by atoms with Gasteiger partial charge in [0.25, 0.3) is 0 Å². The van der Waals surface area contributed by atoms with E-state index >= 15 is 0 Å². The molecule has 1 aromatic rings. The van der Waals surface area contributed by atoms with Crippen molar-refractivity contribution < 1.29 is 13.5 Å². The molecule has 0 heterocycles. The maximum atomic E-state index is 13.3. The lowest BCUT2D eigenvalue weighted by Crippen LogP contribution is -1.97. The Balaban J connectivity index is 3.25. The molecule has 1 aromatic carbocycles. The predicted molar refractivity (Wildman–Crippen MR) is 46.3 cm³/mol. The molecule has 0 aromatic heterocycles. The maximum absolute atomic E-state index is 13.3. The second kappa shape index (κ2) is 4.43. The summed E-state index contributed by atoms with van der Waals surface area (Å²) >= 11 is 0. The van der Waals surface area contributed by atoms with Crippen molar-refractivity contribution in [1.82, 2.24) is 0 Å². The molecule has 0 aliphatic carbocycles. The number of ether oxygens (including phenoxy) is 1. The Morgan fingerprint density at radius 3 is 2.79 bits per heavy atom. The minimum atomic E-state index is -0.982. The molecule has 0 N–H and O–H groups in total. The Hall–Kier alpha value is -1.81. The highest BCUT2D eigenvalue weighted by molar-refractivity contribution is 5.46. The number of benzene rings is 1. The molecule has 0 radical (unpaired) electrons. The summed E-state index contributed by atoms with van der Waals surface area (Å²) in [6.07, 6.45) is 0.